The van der Waals surface area contributed by atoms with Gasteiger partial charge in [0.05, 0.1) is 6.04 Å². The molecule has 4 aromatic carbocycles. The van der Waals surface area contributed by atoms with Gasteiger partial charge in [0.25, 0.3) is 5.91 Å². The molecule has 4 heteroatoms. The van der Waals surface area contributed by atoms with Gasteiger partial charge in [0.2, 0.25) is 0 Å². The fourth-order valence-electron chi connectivity index (χ4n) is 7.22. The van der Waals surface area contributed by atoms with Crippen molar-refractivity contribution in [3.05, 3.63) is 119 Å². The van der Waals surface area contributed by atoms with Crippen LogP contribution in [0.25, 0.3) is 21.8 Å². The maximum atomic E-state index is 14.2. The third-order valence-corrected chi connectivity index (χ3v) is 9.24. The number of hydrogen-bond donors (Lipinski definition) is 0. The van der Waals surface area contributed by atoms with Crippen LogP contribution in [0.1, 0.15) is 58.3 Å². The number of benzene rings is 4. The molecule has 1 saturated heterocycles. The molecule has 2 atom stereocenters. The van der Waals surface area contributed by atoms with E-state index in [1.54, 1.807) is 0 Å². The minimum atomic E-state index is -0.0172. The molecule has 3 heterocycles. The highest BCUT2D eigenvalue weighted by molar-refractivity contribution is 6.08. The van der Waals surface area contributed by atoms with Gasteiger partial charge in [0, 0.05) is 53.4 Å². The van der Waals surface area contributed by atoms with E-state index in [2.05, 4.69) is 106 Å². The van der Waals surface area contributed by atoms with Gasteiger partial charge in [-0.3, -0.25) is 4.79 Å². The summed E-state index contributed by atoms with van der Waals surface area (Å²) in [5.41, 5.74) is 7.06. The predicted octanol–water partition coefficient (Wildman–Crippen LogP) is 7.34. The third kappa shape index (κ3) is 4.41. The SMILES string of the molecule is Cn1c2ccccc2c2cc([C@H]3[C@H](CN4CCCCC4)c4ccccc4C(=O)N3CCc3ccccc3)ccc21. The lowest BCUT2D eigenvalue weighted by Crippen LogP contribution is -2.47. The molecule has 1 fully saturated rings. The molecule has 0 saturated carbocycles. The fraction of sp³-hybridized carbons (Fsp3) is 0.306. The van der Waals surface area contributed by atoms with Crippen LogP contribution in [0.5, 0.6) is 0 Å². The Kier molecular flexibility index (Phi) is 6.65. The molecule has 1 amide bonds. The maximum Gasteiger partial charge on any atom is 0.254 e. The van der Waals surface area contributed by atoms with Crippen LogP contribution >= 0.6 is 0 Å². The minimum absolute atomic E-state index is 0.0172. The van der Waals surface area contributed by atoms with Crippen LogP contribution in [0.4, 0.5) is 0 Å². The zero-order valence-corrected chi connectivity index (χ0v) is 23.3. The lowest BCUT2D eigenvalue weighted by atomic mass is 9.78. The number of hydrogen-bond acceptors (Lipinski definition) is 2. The van der Waals surface area contributed by atoms with E-state index in [4.69, 9.17) is 0 Å². The van der Waals surface area contributed by atoms with Crippen molar-refractivity contribution in [3.63, 3.8) is 0 Å². The summed E-state index contributed by atoms with van der Waals surface area (Å²) in [4.78, 5) is 19.1. The van der Waals surface area contributed by atoms with Crippen molar-refractivity contribution in [2.24, 2.45) is 7.05 Å². The summed E-state index contributed by atoms with van der Waals surface area (Å²) in [6.07, 6.45) is 4.69. The van der Waals surface area contributed by atoms with Gasteiger partial charge in [-0.1, -0.05) is 79.2 Å². The van der Waals surface area contributed by atoms with E-state index >= 15 is 0 Å². The Morgan fingerprint density at radius 3 is 2.33 bits per heavy atom. The van der Waals surface area contributed by atoms with Crippen molar-refractivity contribution in [3.8, 4) is 0 Å². The van der Waals surface area contributed by atoms with Crippen LogP contribution in [0.2, 0.25) is 0 Å². The summed E-state index contributed by atoms with van der Waals surface area (Å²) in [7, 11) is 2.15. The molecule has 0 spiro atoms. The van der Waals surface area contributed by atoms with Crippen LogP contribution in [0.3, 0.4) is 0 Å². The molecule has 0 aliphatic carbocycles. The van der Waals surface area contributed by atoms with E-state index in [0.717, 1.165) is 31.6 Å². The molecule has 0 radical (unpaired) electrons. The number of carbonyl (C=O) groups is 1. The van der Waals surface area contributed by atoms with E-state index in [9.17, 15) is 4.79 Å². The van der Waals surface area contributed by atoms with Crippen molar-refractivity contribution < 1.29 is 4.79 Å². The van der Waals surface area contributed by atoms with Crippen molar-refractivity contribution in [1.29, 1.82) is 0 Å². The second-order valence-corrected chi connectivity index (χ2v) is 11.6. The highest BCUT2D eigenvalue weighted by Gasteiger charge is 2.41. The molecule has 0 N–H and O–H groups in total. The summed E-state index contributed by atoms with van der Waals surface area (Å²) in [6.45, 7) is 3.97. The van der Waals surface area contributed by atoms with Crippen LogP contribution < -0.4 is 0 Å². The van der Waals surface area contributed by atoms with Crippen molar-refractivity contribution in [2.75, 3.05) is 26.2 Å². The van der Waals surface area contributed by atoms with Gasteiger partial charge in [0.15, 0.2) is 0 Å². The van der Waals surface area contributed by atoms with Crippen LogP contribution in [0, 0.1) is 0 Å². The van der Waals surface area contributed by atoms with Gasteiger partial charge < -0.3 is 14.4 Å². The van der Waals surface area contributed by atoms with Gasteiger partial charge in [-0.15, -0.1) is 0 Å². The van der Waals surface area contributed by atoms with Gasteiger partial charge in [0.1, 0.15) is 0 Å². The molecule has 1 aromatic heterocycles. The van der Waals surface area contributed by atoms with Gasteiger partial charge >= 0.3 is 0 Å². The molecule has 202 valence electrons. The maximum absolute atomic E-state index is 14.2. The van der Waals surface area contributed by atoms with Crippen molar-refractivity contribution in [1.82, 2.24) is 14.4 Å². The number of para-hydroxylation sites is 1. The molecule has 0 unspecified atom stereocenters. The van der Waals surface area contributed by atoms with E-state index in [0.29, 0.717) is 6.54 Å². The first-order valence-electron chi connectivity index (χ1n) is 14.8. The number of likely N-dealkylation sites (tertiary alicyclic amines) is 1. The molecule has 2 aliphatic heterocycles. The Morgan fingerprint density at radius 1 is 0.750 bits per heavy atom. The Morgan fingerprint density at radius 2 is 1.48 bits per heavy atom. The molecule has 7 rings (SSSR count). The zero-order valence-electron chi connectivity index (χ0n) is 23.3. The summed E-state index contributed by atoms with van der Waals surface area (Å²) in [5.74, 6) is 0.375. The van der Waals surface area contributed by atoms with Gasteiger partial charge in [-0.2, -0.15) is 0 Å². The highest BCUT2D eigenvalue weighted by atomic mass is 16.2. The third-order valence-electron chi connectivity index (χ3n) is 9.24. The predicted molar refractivity (Wildman–Crippen MR) is 164 cm³/mol. The molecular weight excluding hydrogens is 490 g/mol. The number of rotatable bonds is 6. The van der Waals surface area contributed by atoms with Crippen LogP contribution in [0.15, 0.2) is 97.1 Å². The summed E-state index contributed by atoms with van der Waals surface area (Å²) in [5, 5.41) is 2.54. The molecule has 2 aliphatic rings. The average molecular weight is 528 g/mol. The second kappa shape index (κ2) is 10.6. The van der Waals surface area contributed by atoms with E-state index in [1.165, 1.54) is 57.8 Å². The number of nitrogens with zero attached hydrogens (tertiary/aromatic N) is 3. The summed E-state index contributed by atoms with van der Waals surface area (Å²) in [6, 6.07) is 34.5. The van der Waals surface area contributed by atoms with Gasteiger partial charge in [-0.05, 0) is 73.3 Å². The standard InChI is InChI=1S/C36H37N3O/c1-37-33-17-9-8-15-29(33)31-24-27(18-19-34(31)37)35-32(25-38-21-10-3-11-22-38)28-14-6-7-16-30(28)36(40)39(35)23-20-26-12-4-2-5-13-26/h2,4-9,12-19,24,32,35H,3,10-11,20-23,25H2,1H3/t32-,35+/m1/s1. The lowest BCUT2D eigenvalue weighted by Gasteiger charge is -2.45. The lowest BCUT2D eigenvalue weighted by molar-refractivity contribution is 0.0574. The average Bonchev–Trinajstić information content (AvgIpc) is 3.30. The summed E-state index contributed by atoms with van der Waals surface area (Å²) < 4.78 is 2.29. The number of fused-ring (bicyclic) bond motifs is 4. The largest absolute Gasteiger partial charge is 0.344 e. The molecule has 40 heavy (non-hydrogen) atoms. The van der Waals surface area contributed by atoms with Crippen LogP contribution in [-0.2, 0) is 13.5 Å². The normalized spacial score (nSPS) is 19.8. The van der Waals surface area contributed by atoms with Crippen molar-refractivity contribution >= 4 is 27.7 Å². The highest BCUT2D eigenvalue weighted by Crippen LogP contribution is 2.44. The number of carbonyl (C=O) groups excluding carboxylic acids is 1. The van der Waals surface area contributed by atoms with E-state index < -0.39 is 0 Å². The van der Waals surface area contributed by atoms with Crippen LogP contribution in [-0.4, -0.2) is 46.5 Å². The van der Waals surface area contributed by atoms with Gasteiger partial charge in [-0.25, -0.2) is 0 Å². The first-order valence-corrected chi connectivity index (χ1v) is 14.8. The minimum Gasteiger partial charge on any atom is -0.344 e. The first kappa shape index (κ1) is 25.1. The fourth-order valence-corrected chi connectivity index (χ4v) is 7.22. The molecule has 5 aromatic rings. The number of aryl methyl sites for hydroxylation is 1. The zero-order chi connectivity index (χ0) is 27.1. The molecule has 4 nitrogen and oxygen atoms in total. The number of piperidine rings is 1. The second-order valence-electron chi connectivity index (χ2n) is 11.6. The van der Waals surface area contributed by atoms with E-state index in [1.807, 2.05) is 12.1 Å². The first-order chi connectivity index (χ1) is 19.7. The topological polar surface area (TPSA) is 28.5 Å². The monoisotopic (exact) mass is 527 g/mol. The Bertz CT molecular complexity index is 1660. The molecule has 0 bridgehead atoms. The smallest absolute Gasteiger partial charge is 0.254 e. The Hall–Kier alpha value is -3.89. The molecular formula is C36H37N3O. The van der Waals surface area contributed by atoms with E-state index in [-0.39, 0.29) is 17.9 Å². The number of aromatic nitrogens is 1. The quantitative estimate of drug-likeness (QED) is 0.231. The Balaban J connectivity index is 1.37. The summed E-state index contributed by atoms with van der Waals surface area (Å²) >= 11 is 0. The number of amides is 1. The Labute approximate surface area is 236 Å². The van der Waals surface area contributed by atoms with Crippen molar-refractivity contribution in [2.45, 2.75) is 37.6 Å².